The fourth-order valence-electron chi connectivity index (χ4n) is 1.31. The number of hydrogen-bond acceptors (Lipinski definition) is 3. The maximum absolute atomic E-state index is 10.8. The third kappa shape index (κ3) is 2.40. The second-order valence-electron chi connectivity index (χ2n) is 3.28. The van der Waals surface area contributed by atoms with Crippen molar-refractivity contribution in [1.29, 1.82) is 0 Å². The van der Waals surface area contributed by atoms with Gasteiger partial charge in [-0.25, -0.2) is 0 Å². The Morgan fingerprint density at radius 3 is 2.57 bits per heavy atom. The summed E-state index contributed by atoms with van der Waals surface area (Å²) < 4.78 is 0. The van der Waals surface area contributed by atoms with Crippen LogP contribution in [0.5, 0.6) is 0 Å². The van der Waals surface area contributed by atoms with Gasteiger partial charge in [-0.1, -0.05) is 6.07 Å². The number of carbonyl (C=O) groups excluding carboxylic acids is 1. The SMILES string of the molecule is CONCc1cc(C)c(C)cc1C=O. The summed E-state index contributed by atoms with van der Waals surface area (Å²) in [6.07, 6.45) is 0.874. The normalized spacial score (nSPS) is 10.2. The molecule has 0 amide bonds. The number of carbonyl (C=O) groups is 1. The van der Waals surface area contributed by atoms with Gasteiger partial charge in [0.1, 0.15) is 6.29 Å². The van der Waals surface area contributed by atoms with Crippen LogP contribution in [0.1, 0.15) is 27.0 Å². The van der Waals surface area contributed by atoms with E-state index in [4.69, 9.17) is 4.84 Å². The number of benzene rings is 1. The van der Waals surface area contributed by atoms with Gasteiger partial charge in [-0.05, 0) is 36.6 Å². The molecule has 0 aromatic heterocycles. The molecule has 0 bridgehead atoms. The highest BCUT2D eigenvalue weighted by molar-refractivity contribution is 5.78. The molecule has 14 heavy (non-hydrogen) atoms. The zero-order valence-electron chi connectivity index (χ0n) is 8.76. The molecule has 0 spiro atoms. The molecular weight excluding hydrogens is 178 g/mol. The summed E-state index contributed by atoms with van der Waals surface area (Å²) in [6, 6.07) is 3.90. The van der Waals surface area contributed by atoms with Crippen molar-refractivity contribution in [2.24, 2.45) is 0 Å². The maximum atomic E-state index is 10.8. The van der Waals surface area contributed by atoms with Crippen molar-refractivity contribution >= 4 is 6.29 Å². The number of aryl methyl sites for hydroxylation is 2. The minimum absolute atomic E-state index is 0.547. The fourth-order valence-corrected chi connectivity index (χ4v) is 1.31. The maximum Gasteiger partial charge on any atom is 0.150 e. The number of nitrogens with one attached hydrogen (secondary N) is 1. The van der Waals surface area contributed by atoms with Gasteiger partial charge in [-0.15, -0.1) is 0 Å². The first-order valence-corrected chi connectivity index (χ1v) is 4.50. The first kappa shape index (κ1) is 10.9. The standard InChI is InChI=1S/C11H15NO2/c1-8-4-10(6-12-14-3)11(7-13)5-9(8)2/h4-5,7,12H,6H2,1-3H3. The van der Waals surface area contributed by atoms with Crippen LogP contribution in [0.3, 0.4) is 0 Å². The molecule has 0 saturated heterocycles. The van der Waals surface area contributed by atoms with Crippen molar-refractivity contribution in [2.45, 2.75) is 20.4 Å². The van der Waals surface area contributed by atoms with Crippen LogP contribution in [0.2, 0.25) is 0 Å². The summed E-state index contributed by atoms with van der Waals surface area (Å²) in [7, 11) is 1.56. The van der Waals surface area contributed by atoms with Crippen LogP contribution < -0.4 is 5.48 Å². The molecule has 1 aromatic rings. The highest BCUT2D eigenvalue weighted by Crippen LogP contribution is 2.14. The van der Waals surface area contributed by atoms with E-state index in [0.717, 1.165) is 23.0 Å². The van der Waals surface area contributed by atoms with Crippen LogP contribution in [0.25, 0.3) is 0 Å². The predicted octanol–water partition coefficient (Wildman–Crippen LogP) is 1.77. The molecule has 0 atom stereocenters. The first-order chi connectivity index (χ1) is 6.69. The second kappa shape index (κ2) is 4.88. The smallest absolute Gasteiger partial charge is 0.150 e. The number of hydrogen-bond donors (Lipinski definition) is 1. The molecule has 1 aromatic carbocycles. The summed E-state index contributed by atoms with van der Waals surface area (Å²) in [5.74, 6) is 0. The van der Waals surface area contributed by atoms with E-state index >= 15 is 0 Å². The van der Waals surface area contributed by atoms with Gasteiger partial charge in [0, 0.05) is 12.1 Å². The zero-order chi connectivity index (χ0) is 10.6. The average molecular weight is 193 g/mol. The van der Waals surface area contributed by atoms with Gasteiger partial charge < -0.3 is 4.84 Å². The lowest BCUT2D eigenvalue weighted by Crippen LogP contribution is -2.12. The minimum Gasteiger partial charge on any atom is -0.305 e. The molecule has 1 N–H and O–H groups in total. The second-order valence-corrected chi connectivity index (χ2v) is 3.28. The van der Waals surface area contributed by atoms with Crippen LogP contribution in [-0.2, 0) is 11.4 Å². The number of rotatable bonds is 4. The Bertz CT molecular complexity index is 334. The summed E-state index contributed by atoms with van der Waals surface area (Å²) in [6.45, 7) is 4.57. The molecule has 76 valence electrons. The summed E-state index contributed by atoms with van der Waals surface area (Å²) in [5.41, 5.74) is 6.73. The summed E-state index contributed by atoms with van der Waals surface area (Å²) in [4.78, 5) is 15.5. The third-order valence-corrected chi connectivity index (χ3v) is 2.29. The lowest BCUT2D eigenvalue weighted by molar-refractivity contribution is 0.0863. The lowest BCUT2D eigenvalue weighted by Gasteiger charge is -2.08. The largest absolute Gasteiger partial charge is 0.305 e. The molecule has 0 fully saturated rings. The Balaban J connectivity index is 3.00. The van der Waals surface area contributed by atoms with E-state index in [1.165, 1.54) is 5.56 Å². The van der Waals surface area contributed by atoms with E-state index in [2.05, 4.69) is 5.48 Å². The van der Waals surface area contributed by atoms with E-state index in [1.807, 2.05) is 26.0 Å². The molecule has 0 heterocycles. The molecule has 0 radical (unpaired) electrons. The van der Waals surface area contributed by atoms with Gasteiger partial charge in [0.25, 0.3) is 0 Å². The zero-order valence-corrected chi connectivity index (χ0v) is 8.76. The van der Waals surface area contributed by atoms with Crippen molar-refractivity contribution in [3.63, 3.8) is 0 Å². The van der Waals surface area contributed by atoms with Crippen LogP contribution in [0.15, 0.2) is 12.1 Å². The molecule has 0 aliphatic carbocycles. The average Bonchev–Trinajstić information content (AvgIpc) is 2.19. The lowest BCUT2D eigenvalue weighted by atomic mass is 10.0. The van der Waals surface area contributed by atoms with Crippen molar-refractivity contribution in [2.75, 3.05) is 7.11 Å². The van der Waals surface area contributed by atoms with Gasteiger partial charge in [-0.3, -0.25) is 4.79 Å². The molecule has 1 rings (SSSR count). The molecule has 3 heteroatoms. The highest BCUT2D eigenvalue weighted by atomic mass is 16.6. The quantitative estimate of drug-likeness (QED) is 0.585. The topological polar surface area (TPSA) is 38.3 Å². The van der Waals surface area contributed by atoms with E-state index in [-0.39, 0.29) is 0 Å². The summed E-state index contributed by atoms with van der Waals surface area (Å²) in [5, 5.41) is 0. The molecule has 0 aliphatic rings. The van der Waals surface area contributed by atoms with Crippen molar-refractivity contribution in [3.8, 4) is 0 Å². The minimum atomic E-state index is 0.547. The van der Waals surface area contributed by atoms with E-state index < -0.39 is 0 Å². The van der Waals surface area contributed by atoms with Gasteiger partial charge in [-0.2, -0.15) is 5.48 Å². The molecule has 0 aliphatic heterocycles. The van der Waals surface area contributed by atoms with E-state index in [9.17, 15) is 4.79 Å². The van der Waals surface area contributed by atoms with Gasteiger partial charge >= 0.3 is 0 Å². The first-order valence-electron chi connectivity index (χ1n) is 4.50. The van der Waals surface area contributed by atoms with E-state index in [0.29, 0.717) is 6.54 Å². The van der Waals surface area contributed by atoms with Crippen LogP contribution in [0.4, 0.5) is 0 Å². The van der Waals surface area contributed by atoms with Crippen molar-refractivity contribution < 1.29 is 9.63 Å². The Hall–Kier alpha value is -1.19. The van der Waals surface area contributed by atoms with Crippen molar-refractivity contribution in [3.05, 3.63) is 34.4 Å². The van der Waals surface area contributed by atoms with Gasteiger partial charge in [0.2, 0.25) is 0 Å². The Kier molecular flexibility index (Phi) is 3.80. The van der Waals surface area contributed by atoms with E-state index in [1.54, 1.807) is 7.11 Å². The molecule has 3 nitrogen and oxygen atoms in total. The van der Waals surface area contributed by atoms with Gasteiger partial charge in [0.05, 0.1) is 7.11 Å². The Labute approximate surface area is 84.0 Å². The number of aldehydes is 1. The Morgan fingerprint density at radius 1 is 1.36 bits per heavy atom. The molecule has 0 saturated carbocycles. The van der Waals surface area contributed by atoms with Crippen molar-refractivity contribution in [1.82, 2.24) is 5.48 Å². The third-order valence-electron chi connectivity index (χ3n) is 2.29. The monoisotopic (exact) mass is 193 g/mol. The van der Waals surface area contributed by atoms with Crippen LogP contribution in [-0.4, -0.2) is 13.4 Å². The number of hydroxylamine groups is 1. The predicted molar refractivity (Wildman–Crippen MR) is 55.2 cm³/mol. The fraction of sp³-hybridized carbons (Fsp3) is 0.364. The van der Waals surface area contributed by atoms with Gasteiger partial charge in [0.15, 0.2) is 0 Å². The molecule has 0 unspecified atom stereocenters. The summed E-state index contributed by atoms with van der Waals surface area (Å²) >= 11 is 0. The van der Waals surface area contributed by atoms with Crippen LogP contribution >= 0.6 is 0 Å². The highest BCUT2D eigenvalue weighted by Gasteiger charge is 2.03. The Morgan fingerprint density at radius 2 is 2.00 bits per heavy atom. The van der Waals surface area contributed by atoms with Crippen LogP contribution in [0, 0.1) is 13.8 Å². The molecular formula is C11H15NO2.